The van der Waals surface area contributed by atoms with Crippen molar-refractivity contribution >= 4 is 15.9 Å². The Balaban J connectivity index is 3.05. The Bertz CT molecular complexity index is 395. The molecular weight excluding hydrogens is 274 g/mol. The third kappa shape index (κ3) is 2.82. The van der Waals surface area contributed by atoms with Gasteiger partial charge in [0.1, 0.15) is 10.2 Å². The molecule has 0 amide bonds. The molecule has 0 aliphatic carbocycles. The Morgan fingerprint density at radius 1 is 1.67 bits per heavy atom. The zero-order chi connectivity index (χ0) is 11.4. The van der Waals surface area contributed by atoms with Crippen molar-refractivity contribution in [1.29, 1.82) is 0 Å². The lowest BCUT2D eigenvalue weighted by atomic mass is 10.4. The number of alkyl halides is 2. The van der Waals surface area contributed by atoms with Crippen molar-refractivity contribution in [1.82, 2.24) is 9.55 Å². The molecule has 0 aliphatic rings. The summed E-state index contributed by atoms with van der Waals surface area (Å²) in [5.41, 5.74) is -1.06. The standard InChI is InChI=1S/C8H9BrF2N2O2/c1-15-3-2-13-4-12-6(7(10)11)5(9)8(13)14/h4,7H,2-3H2,1H3. The summed E-state index contributed by atoms with van der Waals surface area (Å²) in [5.74, 6) is 0. The zero-order valence-corrected chi connectivity index (χ0v) is 9.50. The molecule has 4 nitrogen and oxygen atoms in total. The monoisotopic (exact) mass is 282 g/mol. The number of aromatic nitrogens is 2. The number of hydrogen-bond donors (Lipinski definition) is 0. The molecule has 0 fully saturated rings. The van der Waals surface area contributed by atoms with Crippen molar-refractivity contribution in [2.45, 2.75) is 13.0 Å². The number of nitrogens with zero attached hydrogens (tertiary/aromatic N) is 2. The van der Waals surface area contributed by atoms with E-state index in [0.29, 0.717) is 6.61 Å². The van der Waals surface area contributed by atoms with Crippen LogP contribution in [-0.2, 0) is 11.3 Å². The number of methoxy groups -OCH3 is 1. The highest BCUT2D eigenvalue weighted by Gasteiger charge is 2.17. The molecule has 0 bridgehead atoms. The lowest BCUT2D eigenvalue weighted by Crippen LogP contribution is -2.24. The Hall–Kier alpha value is -0.820. The van der Waals surface area contributed by atoms with Crippen LogP contribution in [0.5, 0.6) is 0 Å². The van der Waals surface area contributed by atoms with Crippen LogP contribution in [0.15, 0.2) is 15.6 Å². The molecule has 0 saturated heterocycles. The van der Waals surface area contributed by atoms with Crippen LogP contribution < -0.4 is 5.56 Å². The summed E-state index contributed by atoms with van der Waals surface area (Å²) in [5, 5.41) is 0. The van der Waals surface area contributed by atoms with E-state index in [-0.39, 0.29) is 11.0 Å². The second-order valence-electron chi connectivity index (χ2n) is 2.74. The molecule has 1 heterocycles. The van der Waals surface area contributed by atoms with E-state index < -0.39 is 17.7 Å². The highest BCUT2D eigenvalue weighted by Crippen LogP contribution is 2.21. The number of hydrogen-bond acceptors (Lipinski definition) is 3. The van der Waals surface area contributed by atoms with E-state index >= 15 is 0 Å². The van der Waals surface area contributed by atoms with Gasteiger partial charge in [-0.15, -0.1) is 0 Å². The molecule has 0 unspecified atom stereocenters. The summed E-state index contributed by atoms with van der Waals surface area (Å²) in [6.07, 6.45) is -1.67. The highest BCUT2D eigenvalue weighted by molar-refractivity contribution is 9.10. The number of ether oxygens (including phenoxy) is 1. The topological polar surface area (TPSA) is 44.1 Å². The fourth-order valence-corrected chi connectivity index (χ4v) is 1.48. The minimum Gasteiger partial charge on any atom is -0.383 e. The molecule has 0 aliphatic heterocycles. The van der Waals surface area contributed by atoms with Gasteiger partial charge in [0.25, 0.3) is 12.0 Å². The zero-order valence-electron chi connectivity index (χ0n) is 7.91. The molecule has 15 heavy (non-hydrogen) atoms. The third-order valence-corrected chi connectivity index (χ3v) is 2.50. The molecule has 1 rings (SSSR count). The van der Waals surface area contributed by atoms with E-state index in [1.807, 2.05) is 0 Å². The van der Waals surface area contributed by atoms with Gasteiger partial charge in [0.15, 0.2) is 0 Å². The molecule has 84 valence electrons. The summed E-state index contributed by atoms with van der Waals surface area (Å²) in [7, 11) is 1.49. The Morgan fingerprint density at radius 3 is 2.87 bits per heavy atom. The minimum atomic E-state index is -2.76. The summed E-state index contributed by atoms with van der Waals surface area (Å²) in [6, 6.07) is 0. The number of rotatable bonds is 4. The van der Waals surface area contributed by atoms with Crippen molar-refractivity contribution in [2.75, 3.05) is 13.7 Å². The smallest absolute Gasteiger partial charge is 0.281 e. The molecule has 0 aromatic carbocycles. The van der Waals surface area contributed by atoms with Gasteiger partial charge in [-0.25, -0.2) is 13.8 Å². The van der Waals surface area contributed by atoms with Gasteiger partial charge in [-0.3, -0.25) is 9.36 Å². The van der Waals surface area contributed by atoms with Crippen molar-refractivity contribution in [2.24, 2.45) is 0 Å². The first-order valence-electron chi connectivity index (χ1n) is 4.09. The van der Waals surface area contributed by atoms with Gasteiger partial charge in [-0.1, -0.05) is 0 Å². The second kappa shape index (κ2) is 5.32. The quantitative estimate of drug-likeness (QED) is 0.842. The van der Waals surface area contributed by atoms with E-state index in [1.54, 1.807) is 0 Å². The largest absolute Gasteiger partial charge is 0.383 e. The maximum atomic E-state index is 12.3. The van der Waals surface area contributed by atoms with Crippen LogP contribution in [0.1, 0.15) is 12.1 Å². The first-order chi connectivity index (χ1) is 7.07. The lowest BCUT2D eigenvalue weighted by molar-refractivity contribution is 0.144. The molecule has 1 aromatic rings. The SMILES string of the molecule is COCCn1cnc(C(F)F)c(Br)c1=O. The fraction of sp³-hybridized carbons (Fsp3) is 0.500. The van der Waals surface area contributed by atoms with Crippen LogP contribution in [0.25, 0.3) is 0 Å². The van der Waals surface area contributed by atoms with Gasteiger partial charge in [0, 0.05) is 7.11 Å². The molecule has 1 aromatic heterocycles. The van der Waals surface area contributed by atoms with Crippen LogP contribution in [0.4, 0.5) is 8.78 Å². The van der Waals surface area contributed by atoms with Gasteiger partial charge in [0.2, 0.25) is 0 Å². The van der Waals surface area contributed by atoms with Crippen LogP contribution in [0.3, 0.4) is 0 Å². The average molecular weight is 283 g/mol. The van der Waals surface area contributed by atoms with E-state index in [0.717, 1.165) is 6.33 Å². The van der Waals surface area contributed by atoms with Gasteiger partial charge < -0.3 is 4.74 Å². The van der Waals surface area contributed by atoms with Crippen LogP contribution in [0.2, 0.25) is 0 Å². The van der Waals surface area contributed by atoms with Crippen LogP contribution >= 0.6 is 15.9 Å². The Kier molecular flexibility index (Phi) is 4.34. The van der Waals surface area contributed by atoms with Gasteiger partial charge in [0.05, 0.1) is 19.5 Å². The molecule has 0 saturated carbocycles. The maximum Gasteiger partial charge on any atom is 0.281 e. The summed E-state index contributed by atoms with van der Waals surface area (Å²) in [6.45, 7) is 0.604. The lowest BCUT2D eigenvalue weighted by Gasteiger charge is -2.07. The maximum absolute atomic E-state index is 12.3. The van der Waals surface area contributed by atoms with Crippen molar-refractivity contribution in [3.63, 3.8) is 0 Å². The van der Waals surface area contributed by atoms with E-state index in [9.17, 15) is 13.6 Å². The number of halogens is 3. The van der Waals surface area contributed by atoms with E-state index in [2.05, 4.69) is 20.9 Å². The summed E-state index contributed by atoms with van der Waals surface area (Å²) < 4.78 is 30.4. The summed E-state index contributed by atoms with van der Waals surface area (Å²) >= 11 is 2.81. The van der Waals surface area contributed by atoms with Crippen LogP contribution in [-0.4, -0.2) is 23.3 Å². The average Bonchev–Trinajstić information content (AvgIpc) is 2.20. The van der Waals surface area contributed by atoms with E-state index in [4.69, 9.17) is 4.74 Å². The predicted molar refractivity (Wildman–Crippen MR) is 53.0 cm³/mol. The first-order valence-corrected chi connectivity index (χ1v) is 4.89. The predicted octanol–water partition coefficient (Wildman–Crippen LogP) is 1.59. The second-order valence-corrected chi connectivity index (χ2v) is 3.53. The Morgan fingerprint density at radius 2 is 2.33 bits per heavy atom. The minimum absolute atomic E-state index is 0.198. The molecule has 0 N–H and O–H groups in total. The van der Waals surface area contributed by atoms with Gasteiger partial charge in [-0.2, -0.15) is 0 Å². The van der Waals surface area contributed by atoms with Crippen LogP contribution in [0, 0.1) is 0 Å². The first kappa shape index (κ1) is 12.3. The van der Waals surface area contributed by atoms with E-state index in [1.165, 1.54) is 11.7 Å². The van der Waals surface area contributed by atoms with Crippen molar-refractivity contribution in [3.05, 3.63) is 26.8 Å². The normalized spacial score (nSPS) is 11.0. The van der Waals surface area contributed by atoms with Gasteiger partial charge in [-0.05, 0) is 15.9 Å². The molecule has 0 spiro atoms. The van der Waals surface area contributed by atoms with Gasteiger partial charge >= 0.3 is 0 Å². The summed E-state index contributed by atoms with van der Waals surface area (Å²) in [4.78, 5) is 15.0. The molecule has 0 atom stereocenters. The third-order valence-electron chi connectivity index (χ3n) is 1.75. The van der Waals surface area contributed by atoms with Crippen molar-refractivity contribution < 1.29 is 13.5 Å². The fourth-order valence-electron chi connectivity index (χ4n) is 0.978. The Labute approximate surface area is 93.0 Å². The molecule has 7 heteroatoms. The van der Waals surface area contributed by atoms with Crippen molar-refractivity contribution in [3.8, 4) is 0 Å². The highest BCUT2D eigenvalue weighted by atomic mass is 79.9. The molecule has 0 radical (unpaired) electrons. The molecular formula is C8H9BrF2N2O2.